The molecule has 0 aliphatic carbocycles. The van der Waals surface area contributed by atoms with Crippen LogP contribution < -0.4 is 15.4 Å². The summed E-state index contributed by atoms with van der Waals surface area (Å²) in [6.45, 7) is 4.77. The van der Waals surface area contributed by atoms with Crippen LogP contribution in [0.5, 0.6) is 5.75 Å². The summed E-state index contributed by atoms with van der Waals surface area (Å²) in [5.74, 6) is 0.710. The van der Waals surface area contributed by atoms with Gasteiger partial charge >= 0.3 is 6.03 Å². The fourth-order valence-electron chi connectivity index (χ4n) is 3.28. The van der Waals surface area contributed by atoms with E-state index in [9.17, 15) is 9.59 Å². The molecule has 152 valence electrons. The van der Waals surface area contributed by atoms with E-state index in [1.54, 1.807) is 24.1 Å². The average molecular weight is 414 g/mol. The maximum Gasteiger partial charge on any atom is 0.321 e. The SMILES string of the molecule is COc1cccc2cc(C(=O)N3CCc4nc(NC(=O)NC(C)C)sc4C3)oc12. The van der Waals surface area contributed by atoms with Crippen molar-refractivity contribution >= 4 is 39.4 Å². The number of benzene rings is 1. The van der Waals surface area contributed by atoms with Gasteiger partial charge in [-0.1, -0.05) is 23.5 Å². The number of methoxy groups -OCH3 is 1. The van der Waals surface area contributed by atoms with E-state index >= 15 is 0 Å². The lowest BCUT2D eigenvalue weighted by Gasteiger charge is -2.25. The summed E-state index contributed by atoms with van der Waals surface area (Å²) in [4.78, 5) is 32.1. The number of ether oxygens (including phenoxy) is 1. The van der Waals surface area contributed by atoms with Crippen LogP contribution >= 0.6 is 11.3 Å². The highest BCUT2D eigenvalue weighted by Crippen LogP contribution is 2.32. The fraction of sp³-hybridized carbons (Fsp3) is 0.350. The molecule has 0 radical (unpaired) electrons. The summed E-state index contributed by atoms with van der Waals surface area (Å²) in [6.07, 6.45) is 0.634. The van der Waals surface area contributed by atoms with Gasteiger partial charge in [0.2, 0.25) is 0 Å². The van der Waals surface area contributed by atoms with Gasteiger partial charge < -0.3 is 19.4 Å². The summed E-state index contributed by atoms with van der Waals surface area (Å²) in [5, 5.41) is 6.89. The van der Waals surface area contributed by atoms with Crippen LogP contribution in [0.1, 0.15) is 35.0 Å². The van der Waals surface area contributed by atoms with E-state index in [2.05, 4.69) is 15.6 Å². The Morgan fingerprint density at radius 2 is 2.17 bits per heavy atom. The van der Waals surface area contributed by atoms with E-state index in [4.69, 9.17) is 9.15 Å². The molecule has 0 bridgehead atoms. The zero-order valence-corrected chi connectivity index (χ0v) is 17.3. The van der Waals surface area contributed by atoms with Crippen LogP contribution in [0.4, 0.5) is 9.93 Å². The van der Waals surface area contributed by atoms with Crippen LogP contribution in [-0.4, -0.2) is 41.5 Å². The molecule has 1 aromatic carbocycles. The van der Waals surface area contributed by atoms with Gasteiger partial charge in [0.15, 0.2) is 22.2 Å². The van der Waals surface area contributed by atoms with Gasteiger partial charge in [0, 0.05) is 29.3 Å². The number of amides is 3. The van der Waals surface area contributed by atoms with Crippen molar-refractivity contribution in [2.75, 3.05) is 19.0 Å². The second kappa shape index (κ2) is 7.75. The smallest absolute Gasteiger partial charge is 0.321 e. The number of anilines is 1. The number of aromatic nitrogens is 1. The lowest BCUT2D eigenvalue weighted by atomic mass is 10.1. The van der Waals surface area contributed by atoms with Crippen LogP contribution in [0.25, 0.3) is 11.0 Å². The van der Waals surface area contributed by atoms with E-state index in [-0.39, 0.29) is 23.7 Å². The van der Waals surface area contributed by atoms with Gasteiger partial charge in [0.05, 0.1) is 19.3 Å². The molecule has 9 heteroatoms. The molecule has 2 aromatic heterocycles. The molecular formula is C20H22N4O4S. The topological polar surface area (TPSA) is 96.7 Å². The number of thiazole rings is 1. The van der Waals surface area contributed by atoms with E-state index < -0.39 is 0 Å². The molecule has 3 heterocycles. The predicted octanol–water partition coefficient (Wildman–Crippen LogP) is 3.63. The summed E-state index contributed by atoms with van der Waals surface area (Å²) >= 11 is 1.39. The van der Waals surface area contributed by atoms with Gasteiger partial charge in [0.25, 0.3) is 5.91 Å². The minimum atomic E-state index is -0.282. The third-order valence-corrected chi connectivity index (χ3v) is 5.60. The van der Waals surface area contributed by atoms with Gasteiger partial charge in [-0.15, -0.1) is 0 Å². The largest absolute Gasteiger partial charge is 0.493 e. The third kappa shape index (κ3) is 3.91. The molecule has 0 atom stereocenters. The number of hydrogen-bond acceptors (Lipinski definition) is 6. The number of furan rings is 1. The molecule has 4 rings (SSSR count). The fourth-order valence-corrected chi connectivity index (χ4v) is 4.29. The van der Waals surface area contributed by atoms with Crippen LogP contribution in [0, 0.1) is 0 Å². The van der Waals surface area contributed by atoms with Crippen molar-refractivity contribution in [1.29, 1.82) is 0 Å². The van der Waals surface area contributed by atoms with Crippen LogP contribution in [0.2, 0.25) is 0 Å². The Morgan fingerprint density at radius 3 is 2.93 bits per heavy atom. The molecule has 0 fully saturated rings. The second-order valence-corrected chi connectivity index (χ2v) is 8.19. The van der Waals surface area contributed by atoms with Crippen molar-refractivity contribution in [1.82, 2.24) is 15.2 Å². The molecule has 1 aliphatic heterocycles. The Labute approximate surface area is 171 Å². The number of carbonyl (C=O) groups excluding carboxylic acids is 2. The minimum absolute atomic E-state index is 0.0418. The monoisotopic (exact) mass is 414 g/mol. The first kappa shape index (κ1) is 19.3. The van der Waals surface area contributed by atoms with Crippen LogP contribution in [-0.2, 0) is 13.0 Å². The highest BCUT2D eigenvalue weighted by Gasteiger charge is 2.27. The number of nitrogens with one attached hydrogen (secondary N) is 2. The quantitative estimate of drug-likeness (QED) is 0.680. The van der Waals surface area contributed by atoms with E-state index in [0.29, 0.717) is 36.0 Å². The Kier molecular flexibility index (Phi) is 5.14. The molecule has 0 spiro atoms. The van der Waals surface area contributed by atoms with E-state index in [0.717, 1.165) is 16.0 Å². The number of para-hydroxylation sites is 1. The van der Waals surface area contributed by atoms with Gasteiger partial charge in [0.1, 0.15) is 0 Å². The minimum Gasteiger partial charge on any atom is -0.493 e. The number of hydrogen-bond donors (Lipinski definition) is 2. The first-order chi connectivity index (χ1) is 13.9. The van der Waals surface area contributed by atoms with Gasteiger partial charge in [-0.05, 0) is 26.0 Å². The molecule has 3 amide bonds. The maximum absolute atomic E-state index is 13.0. The van der Waals surface area contributed by atoms with E-state index in [1.807, 2.05) is 26.0 Å². The van der Waals surface area contributed by atoms with Gasteiger partial charge in [-0.2, -0.15) is 0 Å². The predicted molar refractivity (Wildman–Crippen MR) is 111 cm³/mol. The molecule has 29 heavy (non-hydrogen) atoms. The van der Waals surface area contributed by atoms with Crippen molar-refractivity contribution in [3.8, 4) is 5.75 Å². The van der Waals surface area contributed by atoms with Crippen molar-refractivity contribution in [3.05, 3.63) is 40.6 Å². The highest BCUT2D eigenvalue weighted by atomic mass is 32.1. The summed E-state index contributed by atoms with van der Waals surface area (Å²) in [5.41, 5.74) is 1.49. The third-order valence-electron chi connectivity index (χ3n) is 4.60. The first-order valence-electron chi connectivity index (χ1n) is 9.36. The highest BCUT2D eigenvalue weighted by molar-refractivity contribution is 7.15. The van der Waals surface area contributed by atoms with Crippen molar-refractivity contribution in [2.45, 2.75) is 32.9 Å². The average Bonchev–Trinajstić information content (AvgIpc) is 3.29. The molecular weight excluding hydrogens is 392 g/mol. The Hall–Kier alpha value is -3.07. The first-order valence-corrected chi connectivity index (χ1v) is 10.2. The molecule has 0 saturated carbocycles. The molecule has 8 nitrogen and oxygen atoms in total. The zero-order chi connectivity index (χ0) is 20.5. The molecule has 3 aromatic rings. The molecule has 0 unspecified atom stereocenters. The second-order valence-electron chi connectivity index (χ2n) is 7.11. The standard InChI is InChI=1S/C20H22N4O4S/c1-11(2)21-19(26)23-20-22-13-7-8-24(10-16(13)29-20)18(25)15-9-12-5-4-6-14(27-3)17(12)28-15/h4-6,9,11H,7-8,10H2,1-3H3,(H2,21,22,23,26). The van der Waals surface area contributed by atoms with Gasteiger partial charge in [-0.3, -0.25) is 10.1 Å². The Bertz CT molecular complexity index is 1070. The van der Waals surface area contributed by atoms with E-state index in [1.165, 1.54) is 11.3 Å². The molecule has 2 N–H and O–H groups in total. The summed E-state index contributed by atoms with van der Waals surface area (Å²) in [6, 6.07) is 7.05. The number of rotatable bonds is 4. The van der Waals surface area contributed by atoms with Crippen molar-refractivity contribution in [3.63, 3.8) is 0 Å². The molecule has 0 saturated heterocycles. The number of fused-ring (bicyclic) bond motifs is 2. The lowest BCUT2D eigenvalue weighted by molar-refractivity contribution is 0.0706. The number of nitrogens with zero attached hydrogens (tertiary/aromatic N) is 2. The zero-order valence-electron chi connectivity index (χ0n) is 16.4. The normalized spacial score (nSPS) is 13.4. The van der Waals surface area contributed by atoms with Crippen molar-refractivity contribution in [2.24, 2.45) is 0 Å². The summed E-state index contributed by atoms with van der Waals surface area (Å²) in [7, 11) is 1.57. The maximum atomic E-state index is 13.0. The molecule has 1 aliphatic rings. The van der Waals surface area contributed by atoms with Crippen LogP contribution in [0.15, 0.2) is 28.7 Å². The number of urea groups is 1. The lowest BCUT2D eigenvalue weighted by Crippen LogP contribution is -2.35. The van der Waals surface area contributed by atoms with Crippen molar-refractivity contribution < 1.29 is 18.7 Å². The Balaban J connectivity index is 1.50. The Morgan fingerprint density at radius 1 is 1.34 bits per heavy atom. The number of carbonyl (C=O) groups is 2. The van der Waals surface area contributed by atoms with Gasteiger partial charge in [-0.25, -0.2) is 9.78 Å². The summed E-state index contributed by atoms with van der Waals surface area (Å²) < 4.78 is 11.1. The van der Waals surface area contributed by atoms with Crippen LogP contribution in [0.3, 0.4) is 0 Å².